The summed E-state index contributed by atoms with van der Waals surface area (Å²) in [5.41, 5.74) is 6.71. The number of hydrogen-bond donors (Lipinski definition) is 4. The highest BCUT2D eigenvalue weighted by Crippen LogP contribution is 2.13. The molecule has 7 heteroatoms. The number of halogens is 1. The third-order valence-electron chi connectivity index (χ3n) is 2.45. The van der Waals surface area contributed by atoms with E-state index in [1.165, 1.54) is 0 Å². The maximum atomic E-state index is 11.5. The predicted molar refractivity (Wildman–Crippen MR) is 87.9 cm³/mol. The number of nitrogens with two attached hydrogens (primary N) is 1. The van der Waals surface area contributed by atoms with Gasteiger partial charge in [0, 0.05) is 23.8 Å². The molecule has 0 bridgehead atoms. The molecule has 0 aliphatic carbocycles. The van der Waals surface area contributed by atoms with E-state index in [2.05, 4.69) is 16.0 Å². The normalized spacial score (nSPS) is 9.71. The van der Waals surface area contributed by atoms with Crippen LogP contribution in [0.4, 0.5) is 16.2 Å². The maximum Gasteiger partial charge on any atom is 0.319 e. The Morgan fingerprint density at radius 2 is 1.62 bits per heavy atom. The van der Waals surface area contributed by atoms with Crippen molar-refractivity contribution in [3.63, 3.8) is 0 Å². The molecule has 0 spiro atoms. The van der Waals surface area contributed by atoms with Crippen molar-refractivity contribution in [2.45, 2.75) is 32.7 Å². The van der Waals surface area contributed by atoms with E-state index in [-0.39, 0.29) is 30.4 Å². The molecule has 5 N–H and O–H groups in total. The highest BCUT2D eigenvalue weighted by molar-refractivity contribution is 5.92. The van der Waals surface area contributed by atoms with Crippen LogP contribution >= 0.6 is 12.4 Å². The summed E-state index contributed by atoms with van der Waals surface area (Å²) in [7, 11) is 0. The van der Waals surface area contributed by atoms with Crippen molar-refractivity contribution in [3.8, 4) is 0 Å². The number of anilines is 2. The molecule has 0 atom stereocenters. The second-order valence-electron chi connectivity index (χ2n) is 4.77. The van der Waals surface area contributed by atoms with Crippen LogP contribution in [0, 0.1) is 0 Å². The molecule has 0 radical (unpaired) electrons. The number of nitrogens with one attached hydrogen (secondary N) is 3. The van der Waals surface area contributed by atoms with Gasteiger partial charge in [0.25, 0.3) is 0 Å². The van der Waals surface area contributed by atoms with Crippen molar-refractivity contribution < 1.29 is 9.59 Å². The number of benzene rings is 1. The third kappa shape index (κ3) is 8.16. The van der Waals surface area contributed by atoms with Crippen LogP contribution in [0.2, 0.25) is 0 Å². The molecule has 0 saturated carbocycles. The van der Waals surface area contributed by atoms with Crippen LogP contribution in [0.1, 0.15) is 26.7 Å². The van der Waals surface area contributed by atoms with Gasteiger partial charge in [-0.05, 0) is 51.1 Å². The van der Waals surface area contributed by atoms with Crippen molar-refractivity contribution in [2.75, 3.05) is 17.2 Å². The minimum atomic E-state index is -0.250. The molecule has 0 heterocycles. The minimum absolute atomic E-state index is 0. The van der Waals surface area contributed by atoms with Gasteiger partial charge in [-0.2, -0.15) is 0 Å². The second-order valence-corrected chi connectivity index (χ2v) is 4.77. The topological polar surface area (TPSA) is 96.2 Å². The van der Waals surface area contributed by atoms with Gasteiger partial charge in [0.05, 0.1) is 0 Å². The van der Waals surface area contributed by atoms with E-state index in [9.17, 15) is 9.59 Å². The third-order valence-corrected chi connectivity index (χ3v) is 2.45. The smallest absolute Gasteiger partial charge is 0.319 e. The first-order chi connectivity index (χ1) is 9.51. The fourth-order valence-electron chi connectivity index (χ4n) is 1.55. The lowest BCUT2D eigenvalue weighted by molar-refractivity contribution is -0.116. The predicted octanol–water partition coefficient (Wildman–Crippen LogP) is 2.32. The summed E-state index contributed by atoms with van der Waals surface area (Å²) >= 11 is 0. The van der Waals surface area contributed by atoms with E-state index in [0.29, 0.717) is 30.8 Å². The van der Waals surface area contributed by atoms with Gasteiger partial charge in [-0.3, -0.25) is 4.79 Å². The fourth-order valence-corrected chi connectivity index (χ4v) is 1.55. The lowest BCUT2D eigenvalue weighted by Crippen LogP contribution is -2.34. The maximum absolute atomic E-state index is 11.5. The molecule has 0 aliphatic heterocycles. The molecular formula is C14H23ClN4O2. The largest absolute Gasteiger partial charge is 0.336 e. The Hall–Kier alpha value is -1.79. The molecule has 3 amide bonds. The highest BCUT2D eigenvalue weighted by Gasteiger charge is 2.04. The summed E-state index contributed by atoms with van der Waals surface area (Å²) < 4.78 is 0. The average molecular weight is 315 g/mol. The number of amides is 3. The van der Waals surface area contributed by atoms with Gasteiger partial charge in [0.15, 0.2) is 0 Å². The molecule has 1 aromatic rings. The molecule has 0 fully saturated rings. The van der Waals surface area contributed by atoms with E-state index < -0.39 is 0 Å². The van der Waals surface area contributed by atoms with Gasteiger partial charge in [-0.25, -0.2) is 4.79 Å². The van der Waals surface area contributed by atoms with Crippen LogP contribution in [0.15, 0.2) is 24.3 Å². The average Bonchev–Trinajstić information content (AvgIpc) is 2.37. The number of hydrogen-bond acceptors (Lipinski definition) is 3. The Morgan fingerprint density at radius 1 is 1.10 bits per heavy atom. The van der Waals surface area contributed by atoms with Crippen molar-refractivity contribution in [1.82, 2.24) is 5.32 Å². The lowest BCUT2D eigenvalue weighted by Gasteiger charge is -2.11. The lowest BCUT2D eigenvalue weighted by atomic mass is 10.2. The Labute approximate surface area is 131 Å². The van der Waals surface area contributed by atoms with E-state index in [0.717, 1.165) is 0 Å². The summed E-state index contributed by atoms with van der Waals surface area (Å²) in [6, 6.07) is 6.78. The summed E-state index contributed by atoms with van der Waals surface area (Å²) in [5, 5.41) is 8.21. The molecule has 1 aromatic carbocycles. The number of rotatable bonds is 6. The van der Waals surface area contributed by atoms with Crippen LogP contribution in [-0.2, 0) is 4.79 Å². The van der Waals surface area contributed by atoms with Gasteiger partial charge < -0.3 is 21.7 Å². The number of carbonyl (C=O) groups is 2. The fraction of sp³-hybridized carbons (Fsp3) is 0.429. The first-order valence-corrected chi connectivity index (χ1v) is 6.68. The van der Waals surface area contributed by atoms with Gasteiger partial charge in [0.1, 0.15) is 0 Å². The zero-order valence-corrected chi connectivity index (χ0v) is 13.1. The van der Waals surface area contributed by atoms with E-state index in [1.54, 1.807) is 24.3 Å². The molecule has 0 saturated heterocycles. The standard InChI is InChI=1S/C14H22N4O2.ClH/c1-10(2)16-14(20)18-12-7-5-11(6-8-12)17-13(19)4-3-9-15;/h5-8,10H,3-4,9,15H2,1-2H3,(H,17,19)(H2,16,18,20);1H. The Kier molecular flexibility index (Phi) is 9.16. The van der Waals surface area contributed by atoms with Crippen molar-refractivity contribution in [3.05, 3.63) is 24.3 Å². The highest BCUT2D eigenvalue weighted by atomic mass is 35.5. The zero-order valence-electron chi connectivity index (χ0n) is 12.3. The Morgan fingerprint density at radius 3 is 2.10 bits per heavy atom. The summed E-state index contributed by atoms with van der Waals surface area (Å²) in [5.74, 6) is -0.0614. The summed E-state index contributed by atoms with van der Waals surface area (Å²) in [6.07, 6.45) is 1.08. The van der Waals surface area contributed by atoms with E-state index >= 15 is 0 Å². The van der Waals surface area contributed by atoms with Crippen LogP contribution in [0.5, 0.6) is 0 Å². The molecule has 0 aliphatic rings. The van der Waals surface area contributed by atoms with Gasteiger partial charge in [-0.15, -0.1) is 12.4 Å². The first kappa shape index (κ1) is 19.2. The van der Waals surface area contributed by atoms with Crippen molar-refractivity contribution >= 4 is 35.7 Å². The SMILES string of the molecule is CC(C)NC(=O)Nc1ccc(NC(=O)CCCN)cc1.Cl. The molecule has 6 nitrogen and oxygen atoms in total. The monoisotopic (exact) mass is 314 g/mol. The van der Waals surface area contributed by atoms with E-state index in [1.807, 2.05) is 13.8 Å². The Balaban J connectivity index is 0.00000400. The summed E-state index contributed by atoms with van der Waals surface area (Å²) in [4.78, 5) is 23.0. The molecule has 21 heavy (non-hydrogen) atoms. The molecule has 0 unspecified atom stereocenters. The van der Waals surface area contributed by atoms with Crippen LogP contribution in [0.25, 0.3) is 0 Å². The number of carbonyl (C=O) groups excluding carboxylic acids is 2. The minimum Gasteiger partial charge on any atom is -0.336 e. The molecular weight excluding hydrogens is 292 g/mol. The van der Waals surface area contributed by atoms with Crippen LogP contribution in [0.3, 0.4) is 0 Å². The second kappa shape index (κ2) is 10.0. The van der Waals surface area contributed by atoms with Crippen LogP contribution < -0.4 is 21.7 Å². The quantitative estimate of drug-likeness (QED) is 0.648. The zero-order chi connectivity index (χ0) is 15.0. The number of urea groups is 1. The van der Waals surface area contributed by atoms with Gasteiger partial charge in [0.2, 0.25) is 5.91 Å². The van der Waals surface area contributed by atoms with Crippen molar-refractivity contribution in [1.29, 1.82) is 0 Å². The first-order valence-electron chi connectivity index (χ1n) is 6.68. The molecule has 118 valence electrons. The Bertz CT molecular complexity index is 449. The van der Waals surface area contributed by atoms with Crippen LogP contribution in [-0.4, -0.2) is 24.5 Å². The molecule has 1 rings (SSSR count). The van der Waals surface area contributed by atoms with Gasteiger partial charge in [-0.1, -0.05) is 0 Å². The molecule has 0 aromatic heterocycles. The van der Waals surface area contributed by atoms with E-state index in [4.69, 9.17) is 5.73 Å². The summed E-state index contributed by atoms with van der Waals surface area (Å²) in [6.45, 7) is 4.28. The van der Waals surface area contributed by atoms with Crippen molar-refractivity contribution in [2.24, 2.45) is 5.73 Å². The van der Waals surface area contributed by atoms with Gasteiger partial charge >= 0.3 is 6.03 Å².